The molecule has 0 bridgehead atoms. The number of fused-ring (bicyclic) bond motifs is 1. The predicted molar refractivity (Wildman–Crippen MR) is 112 cm³/mol. The van der Waals surface area contributed by atoms with Gasteiger partial charge in [0.05, 0.1) is 6.20 Å². The van der Waals surface area contributed by atoms with E-state index in [0.717, 1.165) is 31.7 Å². The second-order valence-corrected chi connectivity index (χ2v) is 8.24. The van der Waals surface area contributed by atoms with Crippen molar-refractivity contribution in [3.05, 3.63) is 83.4 Å². The van der Waals surface area contributed by atoms with Gasteiger partial charge in [0.15, 0.2) is 0 Å². The summed E-state index contributed by atoms with van der Waals surface area (Å²) < 4.78 is 15.6. The third-order valence-electron chi connectivity index (χ3n) is 6.38. The Morgan fingerprint density at radius 1 is 0.931 bits per heavy atom. The van der Waals surface area contributed by atoms with Crippen molar-refractivity contribution < 1.29 is 4.39 Å². The fourth-order valence-corrected chi connectivity index (χ4v) is 4.74. The fourth-order valence-electron chi connectivity index (χ4n) is 4.74. The Hall–Kier alpha value is -2.50. The number of hydrogen-bond donors (Lipinski definition) is 0. The van der Waals surface area contributed by atoms with Gasteiger partial charge < -0.3 is 0 Å². The molecule has 3 heterocycles. The molecule has 1 aromatic heterocycles. The smallest absolute Gasteiger partial charge is 0.148 e. The van der Waals surface area contributed by atoms with Crippen LogP contribution in [0.15, 0.2) is 60.9 Å². The summed E-state index contributed by atoms with van der Waals surface area (Å²) in [6.45, 7) is 5.36. The number of likely N-dealkylation sites (tertiary alicyclic amines) is 1. The first-order chi connectivity index (χ1) is 14.3. The zero-order chi connectivity index (χ0) is 19.6. The number of benzene rings is 2. The number of halogens is 1. The zero-order valence-corrected chi connectivity index (χ0v) is 16.7. The second kappa shape index (κ2) is 8.09. The lowest BCUT2D eigenvalue weighted by atomic mass is 9.95. The lowest BCUT2D eigenvalue weighted by molar-refractivity contribution is 0.0949. The normalized spacial score (nSPS) is 18.7. The molecule has 29 heavy (non-hydrogen) atoms. The summed E-state index contributed by atoms with van der Waals surface area (Å²) in [7, 11) is 0. The minimum absolute atomic E-state index is 0.244. The molecule has 0 aliphatic carbocycles. The van der Waals surface area contributed by atoms with Crippen LogP contribution in [0.25, 0.3) is 5.69 Å². The van der Waals surface area contributed by atoms with Crippen LogP contribution in [-0.2, 0) is 19.5 Å². The molecule has 4 nitrogen and oxygen atoms in total. The van der Waals surface area contributed by atoms with E-state index in [2.05, 4.69) is 39.2 Å². The highest BCUT2D eigenvalue weighted by Gasteiger charge is 2.27. The second-order valence-electron chi connectivity index (χ2n) is 8.24. The van der Waals surface area contributed by atoms with Crippen molar-refractivity contribution in [3.8, 4) is 5.69 Å². The van der Waals surface area contributed by atoms with E-state index in [-0.39, 0.29) is 5.82 Å². The summed E-state index contributed by atoms with van der Waals surface area (Å²) in [5.41, 5.74) is 4.66. The van der Waals surface area contributed by atoms with Crippen LogP contribution < -0.4 is 0 Å². The van der Waals surface area contributed by atoms with E-state index in [1.54, 1.807) is 16.8 Å². The van der Waals surface area contributed by atoms with Crippen molar-refractivity contribution >= 4 is 0 Å². The highest BCUT2D eigenvalue weighted by molar-refractivity contribution is 5.33. The summed E-state index contributed by atoms with van der Waals surface area (Å²) >= 11 is 0. The van der Waals surface area contributed by atoms with Gasteiger partial charge in [-0.15, -0.1) is 0 Å². The van der Waals surface area contributed by atoms with E-state index in [1.807, 2.05) is 18.5 Å². The standard InChI is InChI=1S/C24H27FN4/c25-23-7-3-4-8-24(23)29-17-19(15-26-29)16-27-12-10-22(11-13-27)28-14-9-20-5-1-2-6-21(20)18-28/h1-8,15,17,22H,9-14,16,18H2. The van der Waals surface area contributed by atoms with Gasteiger partial charge in [0, 0.05) is 37.4 Å². The molecule has 150 valence electrons. The Morgan fingerprint density at radius 3 is 2.52 bits per heavy atom. The summed E-state index contributed by atoms with van der Waals surface area (Å²) in [6.07, 6.45) is 7.41. The first-order valence-electron chi connectivity index (χ1n) is 10.6. The summed E-state index contributed by atoms with van der Waals surface area (Å²) in [4.78, 5) is 5.17. The first kappa shape index (κ1) is 18.5. The molecular formula is C24H27FN4. The molecular weight excluding hydrogens is 363 g/mol. The van der Waals surface area contributed by atoms with Crippen molar-refractivity contribution in [1.82, 2.24) is 19.6 Å². The number of hydrogen-bond acceptors (Lipinski definition) is 3. The molecule has 5 heteroatoms. The van der Waals surface area contributed by atoms with Gasteiger partial charge in [-0.3, -0.25) is 9.80 Å². The molecule has 0 unspecified atom stereocenters. The van der Waals surface area contributed by atoms with Gasteiger partial charge in [-0.2, -0.15) is 5.10 Å². The minimum atomic E-state index is -0.244. The lowest BCUT2D eigenvalue weighted by Crippen LogP contribution is -2.46. The van der Waals surface area contributed by atoms with Crippen molar-refractivity contribution in [3.63, 3.8) is 0 Å². The number of aromatic nitrogens is 2. The first-order valence-corrected chi connectivity index (χ1v) is 10.6. The molecule has 0 radical (unpaired) electrons. The maximum absolute atomic E-state index is 14.0. The number of para-hydroxylation sites is 1. The van der Waals surface area contributed by atoms with Crippen molar-refractivity contribution in [2.75, 3.05) is 19.6 Å². The van der Waals surface area contributed by atoms with Gasteiger partial charge >= 0.3 is 0 Å². The van der Waals surface area contributed by atoms with Gasteiger partial charge in [-0.1, -0.05) is 36.4 Å². The van der Waals surface area contributed by atoms with Crippen LogP contribution >= 0.6 is 0 Å². The highest BCUT2D eigenvalue weighted by atomic mass is 19.1. The maximum Gasteiger partial charge on any atom is 0.148 e. The molecule has 2 aromatic carbocycles. The van der Waals surface area contributed by atoms with Crippen molar-refractivity contribution in [2.24, 2.45) is 0 Å². The van der Waals surface area contributed by atoms with Gasteiger partial charge in [0.1, 0.15) is 11.5 Å². The van der Waals surface area contributed by atoms with Crippen molar-refractivity contribution in [1.29, 1.82) is 0 Å². The Bertz CT molecular complexity index is 974. The molecule has 0 saturated carbocycles. The third-order valence-corrected chi connectivity index (χ3v) is 6.38. The highest BCUT2D eigenvalue weighted by Crippen LogP contribution is 2.25. The maximum atomic E-state index is 14.0. The van der Waals surface area contributed by atoms with E-state index < -0.39 is 0 Å². The topological polar surface area (TPSA) is 24.3 Å². The molecule has 3 aromatic rings. The fraction of sp³-hybridized carbons (Fsp3) is 0.375. The van der Waals surface area contributed by atoms with E-state index in [9.17, 15) is 4.39 Å². The largest absolute Gasteiger partial charge is 0.299 e. The van der Waals surface area contributed by atoms with Crippen LogP contribution in [-0.4, -0.2) is 45.3 Å². The molecule has 2 aliphatic heterocycles. The van der Waals surface area contributed by atoms with Gasteiger partial charge in [0.25, 0.3) is 0 Å². The average Bonchev–Trinajstić information content (AvgIpc) is 3.22. The Labute approximate surface area is 171 Å². The number of nitrogens with zero attached hydrogens (tertiary/aromatic N) is 4. The van der Waals surface area contributed by atoms with E-state index in [1.165, 1.54) is 43.0 Å². The zero-order valence-electron chi connectivity index (χ0n) is 16.7. The monoisotopic (exact) mass is 390 g/mol. The van der Waals surface area contributed by atoms with Crippen LogP contribution in [0.4, 0.5) is 4.39 Å². The van der Waals surface area contributed by atoms with Crippen LogP contribution in [0.3, 0.4) is 0 Å². The van der Waals surface area contributed by atoms with Crippen LogP contribution in [0.5, 0.6) is 0 Å². The van der Waals surface area contributed by atoms with E-state index in [4.69, 9.17) is 0 Å². The van der Waals surface area contributed by atoms with Gasteiger partial charge in [-0.05, 0) is 55.6 Å². The Balaban J connectivity index is 1.17. The summed E-state index contributed by atoms with van der Waals surface area (Å²) in [5.74, 6) is -0.244. The molecule has 0 spiro atoms. The van der Waals surface area contributed by atoms with Crippen LogP contribution in [0, 0.1) is 5.82 Å². The van der Waals surface area contributed by atoms with E-state index in [0.29, 0.717) is 11.7 Å². The summed E-state index contributed by atoms with van der Waals surface area (Å²) in [5, 5.41) is 4.36. The average molecular weight is 391 g/mol. The number of rotatable bonds is 4. The Kier molecular flexibility index (Phi) is 5.17. The van der Waals surface area contributed by atoms with Crippen LogP contribution in [0.1, 0.15) is 29.5 Å². The number of piperidine rings is 1. The molecule has 0 atom stereocenters. The Morgan fingerprint density at radius 2 is 1.69 bits per heavy atom. The molecule has 1 fully saturated rings. The predicted octanol–water partition coefficient (Wildman–Crippen LogP) is 4.03. The van der Waals surface area contributed by atoms with Crippen molar-refractivity contribution in [2.45, 2.75) is 38.4 Å². The molecule has 1 saturated heterocycles. The van der Waals surface area contributed by atoms with Crippen LogP contribution in [0.2, 0.25) is 0 Å². The summed E-state index contributed by atoms with van der Waals surface area (Å²) in [6, 6.07) is 16.3. The third kappa shape index (κ3) is 3.98. The quantitative estimate of drug-likeness (QED) is 0.672. The van der Waals surface area contributed by atoms with Gasteiger partial charge in [0.2, 0.25) is 0 Å². The lowest BCUT2D eigenvalue weighted by Gasteiger charge is -2.40. The molecule has 2 aliphatic rings. The van der Waals surface area contributed by atoms with Gasteiger partial charge in [-0.25, -0.2) is 9.07 Å². The molecule has 0 amide bonds. The minimum Gasteiger partial charge on any atom is -0.299 e. The molecule has 0 N–H and O–H groups in total. The SMILES string of the molecule is Fc1ccccc1-n1cc(CN2CCC(N3CCc4ccccc4C3)CC2)cn1. The molecule has 5 rings (SSSR count). The van der Waals surface area contributed by atoms with E-state index >= 15 is 0 Å².